The molecule has 0 bridgehead atoms. The van der Waals surface area contributed by atoms with Crippen LogP contribution >= 0.6 is 11.3 Å². The van der Waals surface area contributed by atoms with Gasteiger partial charge in [-0.25, -0.2) is 8.42 Å². The molecule has 1 aliphatic heterocycles. The van der Waals surface area contributed by atoms with Crippen LogP contribution in [0, 0.1) is 12.3 Å². The lowest BCUT2D eigenvalue weighted by Gasteiger charge is -2.16. The molecule has 0 radical (unpaired) electrons. The highest BCUT2D eigenvalue weighted by Gasteiger charge is 2.39. The summed E-state index contributed by atoms with van der Waals surface area (Å²) in [5.41, 5.74) is -0.439. The summed E-state index contributed by atoms with van der Waals surface area (Å²) < 4.78 is 26.8. The summed E-state index contributed by atoms with van der Waals surface area (Å²) in [7, 11) is -3.42. The zero-order valence-corrected chi connectivity index (χ0v) is 17.4. The zero-order valence-electron chi connectivity index (χ0n) is 15.8. The molecule has 1 N–H and O–H groups in total. The summed E-state index contributed by atoms with van der Waals surface area (Å²) in [6.07, 6.45) is 8.07. The van der Waals surface area contributed by atoms with Gasteiger partial charge >= 0.3 is 0 Å². The summed E-state index contributed by atoms with van der Waals surface area (Å²) >= 11 is 1.26. The highest BCUT2D eigenvalue weighted by molar-refractivity contribution is 7.91. The number of nitrogens with zero attached hydrogens (tertiary/aromatic N) is 3. The first-order chi connectivity index (χ1) is 12.9. The Hall–Kier alpha value is -1.76. The second-order valence-electron chi connectivity index (χ2n) is 6.30. The fourth-order valence-electron chi connectivity index (χ4n) is 2.72. The highest BCUT2D eigenvalue weighted by atomic mass is 32.2. The molecule has 7 nitrogen and oxygen atoms in total. The summed E-state index contributed by atoms with van der Waals surface area (Å²) in [6, 6.07) is 3.45. The molecular weight excluding hydrogens is 384 g/mol. The minimum Gasteiger partial charge on any atom is -0.356 e. The third-order valence-electron chi connectivity index (χ3n) is 4.44. The number of sulfonamides is 1. The van der Waals surface area contributed by atoms with Crippen LogP contribution in [0.25, 0.3) is 0 Å². The predicted molar refractivity (Wildman–Crippen MR) is 106 cm³/mol. The minimum atomic E-state index is -3.42. The molecule has 1 aromatic heterocycles. The molecule has 0 atom stereocenters. The molecule has 0 aromatic carbocycles. The first-order valence-electron chi connectivity index (χ1n) is 9.10. The first kappa shape index (κ1) is 21.5. The van der Waals surface area contributed by atoms with E-state index in [9.17, 15) is 13.2 Å². The van der Waals surface area contributed by atoms with Crippen LogP contribution in [0.1, 0.15) is 44.4 Å². The van der Waals surface area contributed by atoms with Crippen molar-refractivity contribution >= 4 is 27.3 Å². The van der Waals surface area contributed by atoms with E-state index in [4.69, 9.17) is 6.42 Å². The fourth-order valence-corrected chi connectivity index (χ4v) is 5.68. The smallest absolute Gasteiger partial charge is 0.252 e. The van der Waals surface area contributed by atoms with E-state index in [2.05, 4.69) is 21.5 Å². The third-order valence-corrected chi connectivity index (χ3v) is 8.10. The number of nitrogens with one attached hydrogen (secondary N) is 1. The van der Waals surface area contributed by atoms with E-state index in [1.807, 2.05) is 19.9 Å². The monoisotopic (exact) mass is 410 g/mol. The van der Waals surface area contributed by atoms with Gasteiger partial charge in [0.05, 0.1) is 0 Å². The van der Waals surface area contributed by atoms with E-state index < -0.39 is 15.7 Å². The van der Waals surface area contributed by atoms with Gasteiger partial charge < -0.3 is 5.32 Å². The Balaban J connectivity index is 1.75. The molecule has 0 saturated carbocycles. The number of thiophene rings is 1. The van der Waals surface area contributed by atoms with Crippen LogP contribution in [-0.2, 0) is 21.2 Å². The average molecular weight is 411 g/mol. The molecular formula is C18H26N4O3S2. The number of hydrogen-bond donors (Lipinski definition) is 1. The Labute approximate surface area is 165 Å². The molecule has 0 unspecified atom stereocenters. The Morgan fingerprint density at radius 1 is 1.30 bits per heavy atom. The number of terminal acetylenes is 1. The molecule has 2 heterocycles. The van der Waals surface area contributed by atoms with E-state index >= 15 is 0 Å². The van der Waals surface area contributed by atoms with Crippen LogP contribution in [-0.4, -0.2) is 43.9 Å². The van der Waals surface area contributed by atoms with Crippen molar-refractivity contribution in [2.24, 2.45) is 10.2 Å². The topological polar surface area (TPSA) is 91.2 Å². The van der Waals surface area contributed by atoms with Crippen LogP contribution in [0.15, 0.2) is 26.6 Å². The number of carbonyl (C=O) groups is 1. The van der Waals surface area contributed by atoms with E-state index in [-0.39, 0.29) is 5.91 Å². The zero-order chi connectivity index (χ0) is 19.9. The number of carbonyl (C=O) groups excluding carboxylic acids is 1. The van der Waals surface area contributed by atoms with Gasteiger partial charge in [0, 0.05) is 50.2 Å². The predicted octanol–water partition coefficient (Wildman–Crippen LogP) is 2.79. The van der Waals surface area contributed by atoms with Crippen molar-refractivity contribution in [3.05, 3.63) is 17.0 Å². The van der Waals surface area contributed by atoms with Crippen LogP contribution in [0.2, 0.25) is 0 Å². The van der Waals surface area contributed by atoms with Crippen LogP contribution in [0.4, 0.5) is 0 Å². The van der Waals surface area contributed by atoms with Gasteiger partial charge in [-0.1, -0.05) is 13.8 Å². The lowest BCUT2D eigenvalue weighted by Crippen LogP contribution is -2.30. The third kappa shape index (κ3) is 5.86. The Kier molecular flexibility index (Phi) is 7.53. The lowest BCUT2D eigenvalue weighted by atomic mass is 10.0. The second-order valence-corrected chi connectivity index (χ2v) is 9.63. The van der Waals surface area contributed by atoms with Crippen LogP contribution in [0.3, 0.4) is 0 Å². The fraction of sp³-hybridized carbons (Fsp3) is 0.611. The second kappa shape index (κ2) is 9.44. The SMILES string of the molecule is C#CCCC1(CCC(=O)NCCc2ccc(S(=O)(=O)N(CC)CC)s2)N=N1. The summed E-state index contributed by atoms with van der Waals surface area (Å²) in [6.45, 7) is 5.01. The highest BCUT2D eigenvalue weighted by Crippen LogP contribution is 2.37. The van der Waals surface area contributed by atoms with E-state index in [0.29, 0.717) is 55.9 Å². The van der Waals surface area contributed by atoms with Gasteiger partial charge in [0.1, 0.15) is 4.21 Å². The van der Waals surface area contributed by atoms with Gasteiger partial charge in [0.2, 0.25) is 5.91 Å². The average Bonchev–Trinajstić information content (AvgIpc) is 3.25. The maximum atomic E-state index is 12.5. The maximum Gasteiger partial charge on any atom is 0.252 e. The van der Waals surface area contributed by atoms with Crippen molar-refractivity contribution in [3.8, 4) is 12.3 Å². The largest absolute Gasteiger partial charge is 0.356 e. The van der Waals surface area contributed by atoms with Crippen LogP contribution < -0.4 is 5.32 Å². The van der Waals surface area contributed by atoms with Gasteiger partial charge in [-0.05, 0) is 18.6 Å². The van der Waals surface area contributed by atoms with Crippen molar-refractivity contribution in [1.29, 1.82) is 0 Å². The summed E-state index contributed by atoms with van der Waals surface area (Å²) in [5.74, 6) is 2.51. The molecule has 27 heavy (non-hydrogen) atoms. The Bertz CT molecular complexity index is 814. The van der Waals surface area contributed by atoms with Gasteiger partial charge in [-0.3, -0.25) is 4.79 Å². The van der Waals surface area contributed by atoms with Crippen molar-refractivity contribution in [2.45, 2.75) is 55.8 Å². The molecule has 1 aliphatic rings. The number of amides is 1. The van der Waals surface area contributed by atoms with Gasteiger partial charge in [0.25, 0.3) is 10.0 Å². The van der Waals surface area contributed by atoms with Crippen molar-refractivity contribution in [2.75, 3.05) is 19.6 Å². The summed E-state index contributed by atoms with van der Waals surface area (Å²) in [5, 5.41) is 10.9. The van der Waals surface area contributed by atoms with E-state index in [1.54, 1.807) is 6.07 Å². The maximum absolute atomic E-state index is 12.5. The molecule has 148 valence electrons. The molecule has 0 saturated heterocycles. The van der Waals surface area contributed by atoms with Crippen molar-refractivity contribution in [3.63, 3.8) is 0 Å². The van der Waals surface area contributed by atoms with Crippen molar-refractivity contribution < 1.29 is 13.2 Å². The lowest BCUT2D eigenvalue weighted by molar-refractivity contribution is -0.121. The molecule has 9 heteroatoms. The standard InChI is InChI=1S/C18H26N4O3S2/c1-4-7-12-18(20-21-18)13-10-16(23)19-14-11-15-8-9-17(26-15)27(24,25)22(5-2)6-3/h1,8-9H,5-7,10-14H2,2-3H3,(H,19,23). The molecule has 0 spiro atoms. The quantitative estimate of drug-likeness (QED) is 0.537. The van der Waals surface area contributed by atoms with Gasteiger partial charge in [-0.2, -0.15) is 14.5 Å². The first-order valence-corrected chi connectivity index (χ1v) is 11.4. The van der Waals surface area contributed by atoms with Crippen LogP contribution in [0.5, 0.6) is 0 Å². The Morgan fingerprint density at radius 2 is 2.00 bits per heavy atom. The number of rotatable bonds is 12. The van der Waals surface area contributed by atoms with E-state index in [1.165, 1.54) is 15.6 Å². The normalized spacial score (nSPS) is 14.9. The molecule has 0 aliphatic carbocycles. The van der Waals surface area contributed by atoms with Gasteiger partial charge in [0.15, 0.2) is 5.66 Å². The number of hydrogen-bond acceptors (Lipinski definition) is 6. The molecule has 2 rings (SSSR count). The molecule has 0 fully saturated rings. The summed E-state index contributed by atoms with van der Waals surface area (Å²) in [4.78, 5) is 12.9. The molecule has 1 aromatic rings. The van der Waals surface area contributed by atoms with E-state index in [0.717, 1.165) is 4.88 Å². The minimum absolute atomic E-state index is 0.0556. The van der Waals surface area contributed by atoms with Gasteiger partial charge in [-0.15, -0.1) is 23.7 Å². The molecule has 1 amide bonds. The Morgan fingerprint density at radius 3 is 2.59 bits per heavy atom. The van der Waals surface area contributed by atoms with Crippen molar-refractivity contribution in [1.82, 2.24) is 9.62 Å².